The van der Waals surface area contributed by atoms with E-state index in [-0.39, 0.29) is 48.9 Å². The van der Waals surface area contributed by atoms with Crippen LogP contribution in [-0.4, -0.2) is 101 Å². The van der Waals surface area contributed by atoms with Crippen LogP contribution in [0.25, 0.3) is 10.8 Å². The normalized spacial score (nSPS) is 31.2. The predicted molar refractivity (Wildman–Crippen MR) is 199 cm³/mol. The minimum atomic E-state index is -3.94. The van der Waals surface area contributed by atoms with Crippen molar-refractivity contribution in [3.05, 3.63) is 42.4 Å². The minimum Gasteiger partial charge on any atom is -0.496 e. The van der Waals surface area contributed by atoms with Crippen LogP contribution in [0.5, 0.6) is 11.6 Å². The molecule has 3 N–H and O–H groups in total. The summed E-state index contributed by atoms with van der Waals surface area (Å²) in [5, 5.41) is 13.6. The molecule has 7 atom stereocenters. The van der Waals surface area contributed by atoms with Gasteiger partial charge in [-0.25, -0.2) is 22.6 Å². The zero-order valence-corrected chi connectivity index (χ0v) is 32.4. The molecular weight excluding hydrogens is 734 g/mol. The second kappa shape index (κ2) is 14.6. The first kappa shape index (κ1) is 38.8. The molecule has 298 valence electrons. The van der Waals surface area contributed by atoms with Gasteiger partial charge in [-0.15, -0.1) is 0 Å². The average molecular weight is 784 g/mol. The number of halogens is 1. The lowest BCUT2D eigenvalue weighted by atomic mass is 9.86. The van der Waals surface area contributed by atoms with Gasteiger partial charge < -0.3 is 24.8 Å². The number of amides is 4. The molecule has 4 amide bonds. The van der Waals surface area contributed by atoms with Crippen molar-refractivity contribution in [2.45, 2.75) is 108 Å². The molecule has 2 aliphatic heterocycles. The van der Waals surface area contributed by atoms with Crippen LogP contribution in [0.15, 0.2) is 36.5 Å². The maximum Gasteiger partial charge on any atom is 0.408 e. The van der Waals surface area contributed by atoms with Gasteiger partial charge in [-0.1, -0.05) is 32.9 Å². The molecule has 2 aromatic rings. The summed E-state index contributed by atoms with van der Waals surface area (Å²) in [7, 11) is -2.52. The average Bonchev–Trinajstić information content (AvgIpc) is 4.06. The van der Waals surface area contributed by atoms with E-state index in [1.54, 1.807) is 6.07 Å². The molecule has 0 spiro atoms. The van der Waals surface area contributed by atoms with E-state index in [0.717, 1.165) is 19.3 Å². The van der Waals surface area contributed by atoms with Crippen molar-refractivity contribution >= 4 is 44.6 Å². The third kappa shape index (κ3) is 7.96. The number of rotatable bonds is 9. The number of benzene rings is 1. The van der Waals surface area contributed by atoms with E-state index in [9.17, 15) is 32.3 Å². The molecular formula is C39H50FN5O9S. The third-order valence-corrected chi connectivity index (χ3v) is 13.9. The number of methoxy groups -OCH3 is 1. The highest BCUT2D eigenvalue weighted by molar-refractivity contribution is 7.91. The highest BCUT2D eigenvalue weighted by Crippen LogP contribution is 2.48. The summed E-state index contributed by atoms with van der Waals surface area (Å²) >= 11 is 0. The number of fused-ring (bicyclic) bond motifs is 3. The quantitative estimate of drug-likeness (QED) is 0.309. The molecule has 16 heteroatoms. The van der Waals surface area contributed by atoms with Gasteiger partial charge in [-0.2, -0.15) is 0 Å². The lowest BCUT2D eigenvalue weighted by molar-refractivity contribution is -0.144. The monoisotopic (exact) mass is 783 g/mol. The van der Waals surface area contributed by atoms with Crippen molar-refractivity contribution in [1.82, 2.24) is 24.8 Å². The molecule has 1 saturated heterocycles. The maximum absolute atomic E-state index is 15.0. The Hall–Kier alpha value is -4.47. The van der Waals surface area contributed by atoms with Gasteiger partial charge in [0, 0.05) is 36.5 Å². The molecule has 3 aliphatic carbocycles. The minimum absolute atomic E-state index is 0.0528. The topological polar surface area (TPSA) is 185 Å². The molecule has 0 unspecified atom stereocenters. The SMILES string of the molecule is COc1cc(F)cc2c(O[C@@H]3C[C@H]4C(=O)N[C@]5(C(=O)NS(=O)(=O)C6CC6)C[C@H]5/C=C\CC[C@H](C)C[C@@H](C)[C@H](N(CC5(C)CC5)C(=O)O)C(=O)N4C3)nccc12. The number of allylic oxidation sites excluding steroid dienone is 1. The molecule has 3 heterocycles. The fraction of sp³-hybridized carbons (Fsp3) is 0.615. The predicted octanol–water partition coefficient (Wildman–Crippen LogP) is 4.38. The highest BCUT2D eigenvalue weighted by Gasteiger charge is 2.62. The van der Waals surface area contributed by atoms with E-state index in [4.69, 9.17) is 9.47 Å². The Balaban J connectivity index is 1.26. The van der Waals surface area contributed by atoms with Gasteiger partial charge in [0.05, 0.1) is 24.3 Å². The van der Waals surface area contributed by atoms with Crippen molar-refractivity contribution in [3.8, 4) is 11.6 Å². The van der Waals surface area contributed by atoms with E-state index in [1.165, 1.54) is 35.2 Å². The number of hydrogen-bond acceptors (Lipinski definition) is 9. The van der Waals surface area contributed by atoms with Crippen molar-refractivity contribution < 1.29 is 46.6 Å². The summed E-state index contributed by atoms with van der Waals surface area (Å²) in [4.78, 5) is 63.3. The van der Waals surface area contributed by atoms with Gasteiger partial charge in [0.15, 0.2) is 0 Å². The van der Waals surface area contributed by atoms with Gasteiger partial charge in [-0.3, -0.25) is 24.0 Å². The van der Waals surface area contributed by atoms with Gasteiger partial charge in [-0.05, 0) is 80.8 Å². The number of carbonyl (C=O) groups is 4. The molecule has 1 aromatic carbocycles. The number of ether oxygens (including phenoxy) is 2. The Morgan fingerprint density at radius 1 is 1.15 bits per heavy atom. The second-order valence-electron chi connectivity index (χ2n) is 16.7. The van der Waals surface area contributed by atoms with Crippen LogP contribution in [0.2, 0.25) is 0 Å². The van der Waals surface area contributed by atoms with Gasteiger partial charge in [0.1, 0.15) is 35.3 Å². The lowest BCUT2D eigenvalue weighted by Crippen LogP contribution is -2.60. The zero-order chi connectivity index (χ0) is 39.4. The smallest absolute Gasteiger partial charge is 0.408 e. The highest BCUT2D eigenvalue weighted by atomic mass is 32.2. The number of carboxylic acid groups (broad SMARTS) is 1. The van der Waals surface area contributed by atoms with E-state index >= 15 is 4.79 Å². The summed E-state index contributed by atoms with van der Waals surface area (Å²) in [6.45, 7) is 5.93. The number of pyridine rings is 1. The first-order valence-electron chi connectivity index (χ1n) is 19.2. The van der Waals surface area contributed by atoms with Crippen molar-refractivity contribution in [1.29, 1.82) is 0 Å². The largest absolute Gasteiger partial charge is 0.496 e. The number of carbonyl (C=O) groups excluding carboxylic acids is 3. The Morgan fingerprint density at radius 3 is 2.56 bits per heavy atom. The van der Waals surface area contributed by atoms with Crippen LogP contribution in [0.3, 0.4) is 0 Å². The number of nitrogens with zero attached hydrogens (tertiary/aromatic N) is 3. The van der Waals surface area contributed by atoms with Crippen LogP contribution in [-0.2, 0) is 24.4 Å². The van der Waals surface area contributed by atoms with Crippen molar-refractivity contribution in [2.24, 2.45) is 23.2 Å². The van der Waals surface area contributed by atoms with Crippen molar-refractivity contribution in [2.75, 3.05) is 20.2 Å². The Labute approximate surface area is 320 Å². The molecule has 1 aromatic heterocycles. The summed E-state index contributed by atoms with van der Waals surface area (Å²) < 4.78 is 54.4. The van der Waals surface area contributed by atoms with Gasteiger partial charge in [0.25, 0.3) is 5.91 Å². The number of sulfonamides is 1. The van der Waals surface area contributed by atoms with Crippen LogP contribution in [0.1, 0.15) is 78.6 Å². The molecule has 3 saturated carbocycles. The summed E-state index contributed by atoms with van der Waals surface area (Å²) in [6.07, 6.45) is 7.71. The van der Waals surface area contributed by atoms with E-state index in [2.05, 4.69) is 21.9 Å². The lowest BCUT2D eigenvalue weighted by Gasteiger charge is -2.38. The van der Waals surface area contributed by atoms with E-state index in [0.29, 0.717) is 36.5 Å². The molecule has 14 nitrogen and oxygen atoms in total. The fourth-order valence-corrected chi connectivity index (χ4v) is 9.76. The summed E-state index contributed by atoms with van der Waals surface area (Å²) in [5.74, 6) is -3.17. The summed E-state index contributed by atoms with van der Waals surface area (Å²) in [6, 6.07) is 1.79. The molecule has 0 bridgehead atoms. The zero-order valence-electron chi connectivity index (χ0n) is 31.6. The molecule has 7 rings (SSSR count). The molecule has 5 aliphatic rings. The van der Waals surface area contributed by atoms with Crippen LogP contribution in [0, 0.1) is 29.0 Å². The maximum atomic E-state index is 15.0. The van der Waals surface area contributed by atoms with Crippen LogP contribution < -0.4 is 19.5 Å². The second-order valence-corrected chi connectivity index (χ2v) is 18.7. The van der Waals surface area contributed by atoms with Crippen LogP contribution >= 0.6 is 0 Å². The molecule has 4 fully saturated rings. The Bertz CT molecular complexity index is 2020. The fourth-order valence-electron chi connectivity index (χ4n) is 8.40. The number of hydrogen-bond donors (Lipinski definition) is 3. The molecule has 55 heavy (non-hydrogen) atoms. The standard InChI is InChI=1S/C39H50FN5O9S/c1-22-7-5-6-8-24-19-39(24,36(48)43-55(51,52)27-9-10-27)42-33(46)30-18-26(54-34-29-16-25(40)17-31(53-4)28(29)11-14-41-34)20-44(30)35(47)32(23(2)15-22)45(37(49)50)21-38(3)12-13-38/h6,8,11,14,16-17,22-24,26-27,30,32H,5,7,9-10,12-13,15,18-21H2,1-4H3,(H,42,46)(H,43,48)(H,49,50)/b8-6-/t22-,23+,24+,26+,30-,32-,39+/m0/s1. The molecule has 0 radical (unpaired) electrons. The van der Waals surface area contributed by atoms with Gasteiger partial charge in [0.2, 0.25) is 27.7 Å². The Morgan fingerprint density at radius 2 is 1.89 bits per heavy atom. The first-order valence-corrected chi connectivity index (χ1v) is 20.7. The number of nitrogens with one attached hydrogen (secondary N) is 2. The first-order chi connectivity index (χ1) is 26.0. The van der Waals surface area contributed by atoms with Crippen LogP contribution in [0.4, 0.5) is 9.18 Å². The third-order valence-electron chi connectivity index (χ3n) is 12.1. The van der Waals surface area contributed by atoms with Gasteiger partial charge >= 0.3 is 6.09 Å². The Kier molecular flexibility index (Phi) is 10.3. The summed E-state index contributed by atoms with van der Waals surface area (Å²) in [5.41, 5.74) is -1.84. The van der Waals surface area contributed by atoms with Crippen molar-refractivity contribution in [3.63, 3.8) is 0 Å². The van der Waals surface area contributed by atoms with E-state index in [1.807, 2.05) is 26.0 Å². The number of aromatic nitrogens is 1. The van der Waals surface area contributed by atoms with E-state index < -0.39 is 80.5 Å².